The standard InChI is InChI=1S/C24H24ClFN2O4S/c25-14-2-3-21(19(26)6-14)33(30,31)28-15-7-18-17(9-22(29)24(18)4-1-5-24)20(8-15)32-16-10-23(11-16)12-27-13-23/h2-3,6-8,16,27-28H,1,4-5,9-13H2. The second-order valence-corrected chi connectivity index (χ2v) is 12.1. The van der Waals surface area contributed by atoms with Gasteiger partial charge in [0, 0.05) is 41.6 Å². The minimum atomic E-state index is -4.20. The maximum atomic E-state index is 14.3. The molecule has 6 nitrogen and oxygen atoms in total. The monoisotopic (exact) mass is 490 g/mol. The number of carbonyl (C=O) groups is 1. The van der Waals surface area contributed by atoms with Gasteiger partial charge in [-0.3, -0.25) is 9.52 Å². The zero-order valence-corrected chi connectivity index (χ0v) is 19.5. The van der Waals surface area contributed by atoms with Gasteiger partial charge in [-0.2, -0.15) is 0 Å². The zero-order valence-electron chi connectivity index (χ0n) is 17.9. The molecule has 6 rings (SSSR count). The first-order chi connectivity index (χ1) is 15.7. The highest BCUT2D eigenvalue weighted by Gasteiger charge is 2.53. The highest BCUT2D eigenvalue weighted by molar-refractivity contribution is 7.92. The Labute approximate surface area is 196 Å². The summed E-state index contributed by atoms with van der Waals surface area (Å²) in [5.41, 5.74) is 1.78. The predicted octanol–water partition coefficient (Wildman–Crippen LogP) is 3.96. The van der Waals surface area contributed by atoms with E-state index in [0.29, 0.717) is 17.6 Å². The number of anilines is 1. The Morgan fingerprint density at radius 1 is 1.15 bits per heavy atom. The normalized spacial score (nSPS) is 22.4. The van der Waals surface area contributed by atoms with E-state index in [4.69, 9.17) is 16.3 Å². The topological polar surface area (TPSA) is 84.5 Å². The van der Waals surface area contributed by atoms with Gasteiger partial charge in [-0.1, -0.05) is 18.0 Å². The number of hydrogen-bond donors (Lipinski definition) is 2. The molecule has 0 aromatic heterocycles. The van der Waals surface area contributed by atoms with Crippen LogP contribution in [0.3, 0.4) is 0 Å². The molecular weight excluding hydrogens is 467 g/mol. The number of halogens is 2. The minimum Gasteiger partial charge on any atom is -0.490 e. The molecule has 3 fully saturated rings. The molecule has 1 aliphatic heterocycles. The lowest BCUT2D eigenvalue weighted by atomic mass is 9.63. The fraction of sp³-hybridized carbons (Fsp3) is 0.458. The number of hydrogen-bond acceptors (Lipinski definition) is 5. The summed E-state index contributed by atoms with van der Waals surface area (Å²) >= 11 is 5.77. The molecule has 0 atom stereocenters. The second-order valence-electron chi connectivity index (χ2n) is 9.97. The van der Waals surface area contributed by atoms with Crippen molar-refractivity contribution in [2.75, 3.05) is 17.8 Å². The first-order valence-electron chi connectivity index (χ1n) is 11.3. The Hall–Kier alpha value is -2.16. The molecule has 3 aliphatic carbocycles. The predicted molar refractivity (Wildman–Crippen MR) is 122 cm³/mol. The minimum absolute atomic E-state index is 0.0461. The maximum absolute atomic E-state index is 14.3. The number of Topliss-reactive ketones (excluding diaryl/α,β-unsaturated/α-hetero) is 1. The van der Waals surface area contributed by atoms with Crippen LogP contribution in [0.2, 0.25) is 5.02 Å². The van der Waals surface area contributed by atoms with E-state index in [1.807, 2.05) is 0 Å². The van der Waals surface area contributed by atoms with Crippen LogP contribution in [-0.4, -0.2) is 33.4 Å². The number of benzene rings is 2. The van der Waals surface area contributed by atoms with E-state index < -0.39 is 26.2 Å². The molecular formula is C24H24ClFN2O4S. The molecule has 33 heavy (non-hydrogen) atoms. The number of rotatable bonds is 5. The third-order valence-electron chi connectivity index (χ3n) is 7.85. The van der Waals surface area contributed by atoms with Gasteiger partial charge in [-0.05, 0) is 55.5 Å². The molecule has 0 unspecified atom stereocenters. The van der Waals surface area contributed by atoms with Crippen LogP contribution in [0.15, 0.2) is 35.2 Å². The number of ether oxygens (including phenoxy) is 1. The Bertz CT molecular complexity index is 1280. The molecule has 0 bridgehead atoms. The van der Waals surface area contributed by atoms with E-state index in [1.54, 1.807) is 12.1 Å². The van der Waals surface area contributed by atoms with Crippen LogP contribution in [0.4, 0.5) is 10.1 Å². The lowest BCUT2D eigenvalue weighted by Gasteiger charge is -2.53. The zero-order chi connectivity index (χ0) is 23.0. The van der Waals surface area contributed by atoms with Gasteiger partial charge >= 0.3 is 0 Å². The molecule has 2 aromatic carbocycles. The first kappa shape index (κ1) is 21.4. The van der Waals surface area contributed by atoms with Crippen LogP contribution >= 0.6 is 11.6 Å². The second kappa shape index (κ2) is 7.17. The SMILES string of the molecule is O=C1Cc2c(OC3CC4(CNC4)C3)cc(NS(=O)(=O)c3ccc(Cl)cc3F)cc2C12CCC2. The number of carbonyl (C=O) groups excluding carboxylic acids is 1. The van der Waals surface area contributed by atoms with E-state index >= 15 is 0 Å². The lowest BCUT2D eigenvalue weighted by molar-refractivity contribution is -0.125. The van der Waals surface area contributed by atoms with Crippen molar-refractivity contribution in [1.82, 2.24) is 5.32 Å². The molecule has 4 aliphatic rings. The summed E-state index contributed by atoms with van der Waals surface area (Å²) in [4.78, 5) is 12.5. The highest BCUT2D eigenvalue weighted by atomic mass is 35.5. The van der Waals surface area contributed by atoms with E-state index in [0.717, 1.165) is 68.5 Å². The van der Waals surface area contributed by atoms with Gasteiger partial charge in [0.25, 0.3) is 10.0 Å². The van der Waals surface area contributed by atoms with Crippen LogP contribution in [-0.2, 0) is 26.7 Å². The summed E-state index contributed by atoms with van der Waals surface area (Å²) in [6, 6.07) is 6.81. The number of sulfonamides is 1. The van der Waals surface area contributed by atoms with Crippen LogP contribution < -0.4 is 14.8 Å². The van der Waals surface area contributed by atoms with Crippen LogP contribution in [0, 0.1) is 11.2 Å². The molecule has 2 aromatic rings. The number of ketones is 1. The largest absolute Gasteiger partial charge is 0.490 e. The molecule has 174 valence electrons. The van der Waals surface area contributed by atoms with Crippen molar-refractivity contribution in [2.45, 2.75) is 54.9 Å². The Balaban J connectivity index is 1.35. The van der Waals surface area contributed by atoms with Crippen LogP contribution in [0.1, 0.15) is 43.2 Å². The summed E-state index contributed by atoms with van der Waals surface area (Å²) in [7, 11) is -4.20. The van der Waals surface area contributed by atoms with E-state index in [-0.39, 0.29) is 22.6 Å². The van der Waals surface area contributed by atoms with Crippen molar-refractivity contribution in [1.29, 1.82) is 0 Å². The van der Waals surface area contributed by atoms with Crippen molar-refractivity contribution in [3.8, 4) is 5.75 Å². The lowest BCUT2D eigenvalue weighted by Crippen LogP contribution is -2.62. The average Bonchev–Trinajstić information content (AvgIpc) is 2.94. The third-order valence-corrected chi connectivity index (χ3v) is 9.50. The quantitative estimate of drug-likeness (QED) is 0.662. The van der Waals surface area contributed by atoms with Crippen LogP contribution in [0.25, 0.3) is 0 Å². The average molecular weight is 491 g/mol. The molecule has 2 saturated carbocycles. The summed E-state index contributed by atoms with van der Waals surface area (Å²) in [5, 5.41) is 3.42. The number of fused-ring (bicyclic) bond motifs is 2. The van der Waals surface area contributed by atoms with Gasteiger partial charge in [0.2, 0.25) is 0 Å². The Morgan fingerprint density at radius 3 is 2.52 bits per heavy atom. The fourth-order valence-electron chi connectivity index (χ4n) is 5.82. The Kier molecular flexibility index (Phi) is 4.64. The van der Waals surface area contributed by atoms with Crippen molar-refractivity contribution >= 4 is 33.1 Å². The van der Waals surface area contributed by atoms with E-state index in [1.165, 1.54) is 6.07 Å². The fourth-order valence-corrected chi connectivity index (χ4v) is 7.08. The third kappa shape index (κ3) is 3.29. The Morgan fingerprint density at radius 2 is 1.91 bits per heavy atom. The van der Waals surface area contributed by atoms with Gasteiger partial charge in [0.05, 0.1) is 17.2 Å². The van der Waals surface area contributed by atoms with Gasteiger partial charge < -0.3 is 10.1 Å². The van der Waals surface area contributed by atoms with E-state index in [9.17, 15) is 17.6 Å². The van der Waals surface area contributed by atoms with Gasteiger partial charge in [0.1, 0.15) is 22.2 Å². The smallest absolute Gasteiger partial charge is 0.264 e. The molecule has 1 heterocycles. The highest BCUT2D eigenvalue weighted by Crippen LogP contribution is 2.54. The summed E-state index contributed by atoms with van der Waals surface area (Å²) in [6.45, 7) is 2.00. The number of nitrogens with one attached hydrogen (secondary N) is 2. The van der Waals surface area contributed by atoms with Crippen molar-refractivity contribution in [3.05, 3.63) is 52.3 Å². The summed E-state index contributed by atoms with van der Waals surface area (Å²) in [6.07, 6.45) is 4.73. The van der Waals surface area contributed by atoms with E-state index in [2.05, 4.69) is 10.0 Å². The van der Waals surface area contributed by atoms with Crippen molar-refractivity contribution in [3.63, 3.8) is 0 Å². The van der Waals surface area contributed by atoms with Crippen molar-refractivity contribution < 1.29 is 22.3 Å². The van der Waals surface area contributed by atoms with Crippen LogP contribution in [0.5, 0.6) is 5.75 Å². The molecule has 0 amide bonds. The molecule has 2 N–H and O–H groups in total. The maximum Gasteiger partial charge on any atom is 0.264 e. The molecule has 1 saturated heterocycles. The molecule has 9 heteroatoms. The van der Waals surface area contributed by atoms with Gasteiger partial charge in [0.15, 0.2) is 0 Å². The first-order valence-corrected chi connectivity index (χ1v) is 13.1. The summed E-state index contributed by atoms with van der Waals surface area (Å²) in [5.74, 6) is -0.191. The van der Waals surface area contributed by atoms with Crippen molar-refractivity contribution in [2.24, 2.45) is 5.41 Å². The molecule has 2 spiro atoms. The molecule has 0 radical (unpaired) electrons. The summed E-state index contributed by atoms with van der Waals surface area (Å²) < 4.78 is 49.1. The van der Waals surface area contributed by atoms with Gasteiger partial charge in [-0.25, -0.2) is 12.8 Å². The van der Waals surface area contributed by atoms with Gasteiger partial charge in [-0.15, -0.1) is 0 Å².